The summed E-state index contributed by atoms with van der Waals surface area (Å²) in [6, 6.07) is 0. The Morgan fingerprint density at radius 3 is 1.67 bits per heavy atom. The van der Waals surface area contributed by atoms with Crippen molar-refractivity contribution in [1.82, 2.24) is 0 Å². The molecular formula is C11H24OSi3. The highest BCUT2D eigenvalue weighted by Gasteiger charge is 2.40. The van der Waals surface area contributed by atoms with E-state index < -0.39 is 24.7 Å². The molecular weight excluding hydrogens is 232 g/mol. The maximum Gasteiger partial charge on any atom is 0.282 e. The van der Waals surface area contributed by atoms with Gasteiger partial charge in [0.2, 0.25) is 0 Å². The fourth-order valence-electron chi connectivity index (χ4n) is 1.51. The number of terminal acetylenes is 1. The fraction of sp³-hybridized carbons (Fsp3) is 0.636. The van der Waals surface area contributed by atoms with Crippen LogP contribution in [0.15, 0.2) is 11.4 Å². The highest BCUT2D eigenvalue weighted by atomic mass is 28.4. The van der Waals surface area contributed by atoms with E-state index in [1.54, 1.807) is 0 Å². The third kappa shape index (κ3) is 4.51. The zero-order valence-electron chi connectivity index (χ0n) is 11.2. The van der Waals surface area contributed by atoms with Gasteiger partial charge in [-0.2, -0.15) is 0 Å². The predicted molar refractivity (Wildman–Crippen MR) is 77.4 cm³/mol. The Balaban J connectivity index is 5.07. The summed E-state index contributed by atoms with van der Waals surface area (Å²) in [5, 5.41) is 0. The summed E-state index contributed by atoms with van der Waals surface area (Å²) in [7, 11) is -5.11. The van der Waals surface area contributed by atoms with Crippen LogP contribution in [-0.4, -0.2) is 24.7 Å². The summed E-state index contributed by atoms with van der Waals surface area (Å²) in [6.45, 7) is 19.8. The summed E-state index contributed by atoms with van der Waals surface area (Å²) in [5.41, 5.74) is 2.93. The van der Waals surface area contributed by atoms with Gasteiger partial charge in [0.05, 0.1) is 8.07 Å². The largest absolute Gasteiger partial charge is 0.444 e. The van der Waals surface area contributed by atoms with Gasteiger partial charge in [-0.3, -0.25) is 0 Å². The maximum atomic E-state index is 6.24. The molecule has 4 heteroatoms. The minimum atomic E-state index is -2.14. The minimum absolute atomic E-state index is 1.25. The maximum absolute atomic E-state index is 6.24. The molecule has 0 N–H and O–H groups in total. The lowest BCUT2D eigenvalue weighted by Crippen LogP contribution is -2.51. The first-order valence-corrected chi connectivity index (χ1v) is 14.6. The lowest BCUT2D eigenvalue weighted by molar-refractivity contribution is 0.571. The molecule has 0 rings (SSSR count). The molecule has 0 saturated carbocycles. The Bertz CT molecular complexity index is 290. The first-order valence-electron chi connectivity index (χ1n) is 5.30. The summed E-state index contributed by atoms with van der Waals surface area (Å²) < 4.78 is 6.24. The number of hydrogen-bond acceptors (Lipinski definition) is 1. The second-order valence-electron chi connectivity index (χ2n) is 6.12. The Kier molecular flexibility index (Phi) is 4.39. The monoisotopic (exact) mass is 256 g/mol. The highest BCUT2D eigenvalue weighted by molar-refractivity contribution is 7.08. The van der Waals surface area contributed by atoms with Crippen LogP contribution in [0.1, 0.15) is 0 Å². The molecule has 0 aliphatic heterocycles. The predicted octanol–water partition coefficient (Wildman–Crippen LogP) is 3.56. The first kappa shape index (κ1) is 14.9. The Labute approximate surface area is 98.2 Å². The van der Waals surface area contributed by atoms with Crippen LogP contribution in [0.5, 0.6) is 0 Å². The van der Waals surface area contributed by atoms with Gasteiger partial charge in [-0.25, -0.2) is 0 Å². The summed E-state index contributed by atoms with van der Waals surface area (Å²) in [6.07, 6.45) is 5.68. The smallest absolute Gasteiger partial charge is 0.282 e. The van der Waals surface area contributed by atoms with Crippen LogP contribution in [0.4, 0.5) is 0 Å². The van der Waals surface area contributed by atoms with E-state index in [1.165, 1.54) is 4.82 Å². The minimum Gasteiger partial charge on any atom is -0.444 e. The quantitative estimate of drug-likeness (QED) is 0.552. The molecule has 0 amide bonds. The average molecular weight is 257 g/mol. The standard InChI is InChI=1S/C11H24OSi3/c1-10-15(9,12-14(6,7)8)11(2)13(3,4)5/h1H,2H2,3-9H3. The zero-order chi connectivity index (χ0) is 12.5. The van der Waals surface area contributed by atoms with Crippen LogP contribution in [0.3, 0.4) is 0 Å². The van der Waals surface area contributed by atoms with Gasteiger partial charge in [0, 0.05) is 0 Å². The normalized spacial score (nSPS) is 16.7. The van der Waals surface area contributed by atoms with Crippen LogP contribution in [0.2, 0.25) is 45.8 Å². The van der Waals surface area contributed by atoms with Gasteiger partial charge in [0.25, 0.3) is 8.32 Å². The van der Waals surface area contributed by atoms with Gasteiger partial charge in [0.1, 0.15) is 0 Å². The second-order valence-corrected chi connectivity index (χ2v) is 19.7. The van der Waals surface area contributed by atoms with Crippen molar-refractivity contribution in [3.8, 4) is 12.0 Å². The van der Waals surface area contributed by atoms with E-state index in [2.05, 4.69) is 58.0 Å². The van der Waals surface area contributed by atoms with E-state index in [1.807, 2.05) is 0 Å². The van der Waals surface area contributed by atoms with Gasteiger partial charge in [0.15, 0.2) is 8.32 Å². The van der Waals surface area contributed by atoms with Crippen molar-refractivity contribution in [1.29, 1.82) is 0 Å². The molecule has 0 aromatic rings. The first-order chi connectivity index (χ1) is 6.42. The topological polar surface area (TPSA) is 9.23 Å². The molecule has 0 spiro atoms. The van der Waals surface area contributed by atoms with E-state index in [0.717, 1.165) is 0 Å². The van der Waals surface area contributed by atoms with Gasteiger partial charge in [-0.15, -0.1) is 13.0 Å². The van der Waals surface area contributed by atoms with Crippen LogP contribution in [0, 0.1) is 12.0 Å². The van der Waals surface area contributed by atoms with Crippen LogP contribution >= 0.6 is 0 Å². The Morgan fingerprint density at radius 1 is 1.07 bits per heavy atom. The molecule has 1 unspecified atom stereocenters. The third-order valence-corrected chi connectivity index (χ3v) is 13.5. The average Bonchev–Trinajstić information content (AvgIpc) is 1.98. The van der Waals surface area contributed by atoms with Crippen molar-refractivity contribution in [3.05, 3.63) is 11.4 Å². The van der Waals surface area contributed by atoms with Crippen molar-refractivity contribution in [2.75, 3.05) is 0 Å². The summed E-state index contributed by atoms with van der Waals surface area (Å²) >= 11 is 0. The van der Waals surface area contributed by atoms with Gasteiger partial charge >= 0.3 is 0 Å². The second kappa shape index (κ2) is 4.42. The van der Waals surface area contributed by atoms with Crippen molar-refractivity contribution in [2.24, 2.45) is 0 Å². The third-order valence-electron chi connectivity index (χ3n) is 2.27. The van der Waals surface area contributed by atoms with Crippen molar-refractivity contribution < 1.29 is 4.12 Å². The lowest BCUT2D eigenvalue weighted by Gasteiger charge is -2.36. The molecule has 0 saturated heterocycles. The van der Waals surface area contributed by atoms with E-state index in [-0.39, 0.29) is 0 Å². The van der Waals surface area contributed by atoms with Crippen LogP contribution in [0.25, 0.3) is 0 Å². The highest BCUT2D eigenvalue weighted by Crippen LogP contribution is 2.27. The van der Waals surface area contributed by atoms with Gasteiger partial charge in [-0.05, 0) is 26.2 Å². The zero-order valence-corrected chi connectivity index (χ0v) is 14.2. The molecule has 0 aromatic heterocycles. The lowest BCUT2D eigenvalue weighted by atomic mass is 11.2. The molecule has 15 heavy (non-hydrogen) atoms. The molecule has 0 radical (unpaired) electrons. The molecule has 0 aromatic carbocycles. The molecule has 0 aliphatic carbocycles. The SMILES string of the molecule is C#C[Si](C)(O[Si](C)(C)C)C(=C)[Si](C)(C)C. The van der Waals surface area contributed by atoms with Crippen LogP contribution in [-0.2, 0) is 4.12 Å². The van der Waals surface area contributed by atoms with Crippen molar-refractivity contribution in [2.45, 2.75) is 45.8 Å². The van der Waals surface area contributed by atoms with E-state index in [9.17, 15) is 0 Å². The van der Waals surface area contributed by atoms with Crippen molar-refractivity contribution in [3.63, 3.8) is 0 Å². The Morgan fingerprint density at radius 2 is 1.47 bits per heavy atom. The summed E-state index contributed by atoms with van der Waals surface area (Å²) in [5.74, 6) is 0. The Hall–Kier alpha value is -0.0894. The molecule has 1 atom stereocenters. The summed E-state index contributed by atoms with van der Waals surface area (Å²) in [4.78, 5) is 1.25. The van der Waals surface area contributed by atoms with Crippen molar-refractivity contribution >= 4 is 24.7 Å². The molecule has 1 nitrogen and oxygen atoms in total. The van der Waals surface area contributed by atoms with Gasteiger partial charge < -0.3 is 4.12 Å². The van der Waals surface area contributed by atoms with E-state index >= 15 is 0 Å². The fourth-order valence-corrected chi connectivity index (χ4v) is 13.7. The van der Waals surface area contributed by atoms with E-state index in [4.69, 9.17) is 10.5 Å². The van der Waals surface area contributed by atoms with Gasteiger partial charge in [-0.1, -0.05) is 30.0 Å². The van der Waals surface area contributed by atoms with E-state index in [0.29, 0.717) is 0 Å². The molecule has 0 bridgehead atoms. The number of rotatable bonds is 4. The molecule has 0 aliphatic rings. The number of hydrogen-bond donors (Lipinski definition) is 0. The molecule has 0 heterocycles. The molecule has 86 valence electrons. The van der Waals surface area contributed by atoms with Crippen LogP contribution < -0.4 is 0 Å². The molecule has 0 fully saturated rings.